The van der Waals surface area contributed by atoms with Gasteiger partial charge < -0.3 is 10.4 Å². The molecule has 14 heavy (non-hydrogen) atoms. The van der Waals surface area contributed by atoms with Crippen LogP contribution in [0, 0.1) is 11.8 Å². The van der Waals surface area contributed by atoms with Crippen molar-refractivity contribution in [2.45, 2.75) is 25.3 Å². The standard InChI is InChI=1S/C11H18ClNO/c1-8-6-9(7-13-2)4-3-5-10(8)11(12)14/h3-4,7-8,10-11,13-14H,5-6H2,1-2H3/b9-7-/t8?,10-,11-/m1/s1. The van der Waals surface area contributed by atoms with Crippen LogP contribution in [-0.4, -0.2) is 17.7 Å². The number of allylic oxidation sites excluding steroid dienone is 3. The fourth-order valence-corrected chi connectivity index (χ4v) is 2.23. The third kappa shape index (κ3) is 3.03. The number of alkyl halides is 1. The van der Waals surface area contributed by atoms with Crippen LogP contribution >= 0.6 is 11.6 Å². The van der Waals surface area contributed by atoms with E-state index in [1.54, 1.807) is 0 Å². The number of hydrogen-bond acceptors (Lipinski definition) is 2. The molecule has 0 aromatic rings. The monoisotopic (exact) mass is 215 g/mol. The van der Waals surface area contributed by atoms with E-state index in [9.17, 15) is 5.11 Å². The van der Waals surface area contributed by atoms with Gasteiger partial charge in [0.05, 0.1) is 0 Å². The van der Waals surface area contributed by atoms with Crippen molar-refractivity contribution in [1.29, 1.82) is 0 Å². The van der Waals surface area contributed by atoms with Gasteiger partial charge in [-0.25, -0.2) is 0 Å². The molecule has 0 heterocycles. The first-order valence-electron chi connectivity index (χ1n) is 5.00. The zero-order valence-electron chi connectivity index (χ0n) is 8.70. The van der Waals surface area contributed by atoms with Gasteiger partial charge in [0, 0.05) is 13.0 Å². The fraction of sp³-hybridized carbons (Fsp3) is 0.636. The fourth-order valence-electron chi connectivity index (χ4n) is 1.88. The van der Waals surface area contributed by atoms with Crippen LogP contribution in [0.15, 0.2) is 23.9 Å². The summed E-state index contributed by atoms with van der Waals surface area (Å²) in [7, 11) is 1.89. The second-order valence-electron chi connectivity index (χ2n) is 3.86. The highest BCUT2D eigenvalue weighted by atomic mass is 35.5. The van der Waals surface area contributed by atoms with E-state index in [0.717, 1.165) is 12.8 Å². The van der Waals surface area contributed by atoms with Crippen molar-refractivity contribution in [3.05, 3.63) is 23.9 Å². The van der Waals surface area contributed by atoms with E-state index in [4.69, 9.17) is 11.6 Å². The van der Waals surface area contributed by atoms with Crippen LogP contribution in [0.1, 0.15) is 19.8 Å². The first kappa shape index (κ1) is 11.6. The molecule has 0 radical (unpaired) electrons. The van der Waals surface area contributed by atoms with Gasteiger partial charge in [0.2, 0.25) is 0 Å². The summed E-state index contributed by atoms with van der Waals surface area (Å²) in [5.74, 6) is 0.577. The maximum Gasteiger partial charge on any atom is 0.131 e. The van der Waals surface area contributed by atoms with Crippen LogP contribution in [0.5, 0.6) is 0 Å². The molecule has 1 aliphatic carbocycles. The molecule has 0 aromatic carbocycles. The molecule has 0 fully saturated rings. The lowest BCUT2D eigenvalue weighted by Crippen LogP contribution is -2.21. The van der Waals surface area contributed by atoms with Crippen LogP contribution in [-0.2, 0) is 0 Å². The zero-order chi connectivity index (χ0) is 10.6. The molecule has 1 aliphatic rings. The first-order valence-corrected chi connectivity index (χ1v) is 5.43. The third-order valence-corrected chi connectivity index (χ3v) is 3.04. The Bertz CT molecular complexity index is 235. The molecule has 0 bridgehead atoms. The Kier molecular flexibility index (Phi) is 4.49. The number of halogens is 1. The summed E-state index contributed by atoms with van der Waals surface area (Å²) in [6.07, 6.45) is 8.00. The lowest BCUT2D eigenvalue weighted by Gasteiger charge is -2.22. The largest absolute Gasteiger partial charge is 0.394 e. The van der Waals surface area contributed by atoms with Crippen LogP contribution < -0.4 is 5.32 Å². The molecule has 0 amide bonds. The van der Waals surface area contributed by atoms with Gasteiger partial charge in [-0.1, -0.05) is 30.7 Å². The molecule has 0 saturated heterocycles. The maximum atomic E-state index is 9.39. The summed E-state index contributed by atoms with van der Waals surface area (Å²) < 4.78 is 0. The van der Waals surface area contributed by atoms with Crippen molar-refractivity contribution in [1.82, 2.24) is 5.32 Å². The van der Waals surface area contributed by atoms with Gasteiger partial charge >= 0.3 is 0 Å². The molecule has 2 nitrogen and oxygen atoms in total. The summed E-state index contributed by atoms with van der Waals surface area (Å²) in [5, 5.41) is 12.4. The van der Waals surface area contributed by atoms with Crippen LogP contribution in [0.3, 0.4) is 0 Å². The Balaban J connectivity index is 2.69. The summed E-state index contributed by atoms with van der Waals surface area (Å²) >= 11 is 5.74. The van der Waals surface area contributed by atoms with Crippen molar-refractivity contribution in [2.75, 3.05) is 7.05 Å². The number of aliphatic hydroxyl groups excluding tert-OH is 1. The van der Waals surface area contributed by atoms with Crippen molar-refractivity contribution >= 4 is 11.6 Å². The molecule has 3 heteroatoms. The predicted molar refractivity (Wildman–Crippen MR) is 60.0 cm³/mol. The summed E-state index contributed by atoms with van der Waals surface area (Å²) in [4.78, 5) is 0. The summed E-state index contributed by atoms with van der Waals surface area (Å²) in [6, 6.07) is 0. The summed E-state index contributed by atoms with van der Waals surface area (Å²) in [5.41, 5.74) is 0.531. The number of aliphatic hydroxyl groups is 1. The SMILES string of the molecule is CN/C=C1/C=CC[C@@H]([C@@H](O)Cl)C(C)C1. The molecular weight excluding hydrogens is 198 g/mol. The molecule has 1 unspecified atom stereocenters. The molecular formula is C11H18ClNO. The lowest BCUT2D eigenvalue weighted by atomic mass is 9.89. The molecule has 3 atom stereocenters. The number of nitrogens with one attached hydrogen (secondary N) is 1. The molecule has 0 aromatic heterocycles. The van der Waals surface area contributed by atoms with E-state index in [-0.39, 0.29) is 5.92 Å². The van der Waals surface area contributed by atoms with E-state index in [1.807, 2.05) is 13.2 Å². The normalized spacial score (nSPS) is 32.7. The highest BCUT2D eigenvalue weighted by Gasteiger charge is 2.24. The van der Waals surface area contributed by atoms with E-state index in [0.29, 0.717) is 5.92 Å². The molecule has 1 rings (SSSR count). The van der Waals surface area contributed by atoms with Crippen molar-refractivity contribution < 1.29 is 5.11 Å². The van der Waals surface area contributed by atoms with Crippen molar-refractivity contribution in [3.8, 4) is 0 Å². The number of rotatable bonds is 2. The van der Waals surface area contributed by atoms with Gasteiger partial charge in [-0.15, -0.1) is 0 Å². The topological polar surface area (TPSA) is 32.3 Å². The average molecular weight is 216 g/mol. The number of hydrogen-bond donors (Lipinski definition) is 2. The van der Waals surface area contributed by atoms with E-state index < -0.39 is 5.56 Å². The Hall–Kier alpha value is -0.470. The first-order chi connectivity index (χ1) is 6.65. The minimum absolute atomic E-state index is 0.163. The minimum Gasteiger partial charge on any atom is -0.394 e. The Labute approximate surface area is 90.7 Å². The van der Waals surface area contributed by atoms with Gasteiger partial charge in [0.15, 0.2) is 0 Å². The highest BCUT2D eigenvalue weighted by molar-refractivity contribution is 6.19. The van der Waals surface area contributed by atoms with Crippen molar-refractivity contribution in [2.24, 2.45) is 11.8 Å². The van der Waals surface area contributed by atoms with Crippen LogP contribution in [0.25, 0.3) is 0 Å². The second-order valence-corrected chi connectivity index (χ2v) is 4.31. The highest BCUT2D eigenvalue weighted by Crippen LogP contribution is 2.31. The molecule has 80 valence electrons. The lowest BCUT2D eigenvalue weighted by molar-refractivity contribution is 0.147. The molecule has 0 saturated carbocycles. The maximum absolute atomic E-state index is 9.39. The van der Waals surface area contributed by atoms with E-state index >= 15 is 0 Å². The third-order valence-electron chi connectivity index (χ3n) is 2.71. The smallest absolute Gasteiger partial charge is 0.131 e. The second kappa shape index (κ2) is 5.42. The van der Waals surface area contributed by atoms with Crippen molar-refractivity contribution in [3.63, 3.8) is 0 Å². The summed E-state index contributed by atoms with van der Waals surface area (Å²) in [6.45, 7) is 2.13. The van der Waals surface area contributed by atoms with Gasteiger partial charge in [0.25, 0.3) is 0 Å². The van der Waals surface area contributed by atoms with Crippen LogP contribution in [0.2, 0.25) is 0 Å². The van der Waals surface area contributed by atoms with E-state index in [1.165, 1.54) is 5.57 Å². The Morgan fingerprint density at radius 3 is 3.00 bits per heavy atom. The van der Waals surface area contributed by atoms with Crippen LogP contribution in [0.4, 0.5) is 0 Å². The van der Waals surface area contributed by atoms with Gasteiger partial charge in [-0.2, -0.15) is 0 Å². The Morgan fingerprint density at radius 1 is 1.71 bits per heavy atom. The van der Waals surface area contributed by atoms with Gasteiger partial charge in [0.1, 0.15) is 5.56 Å². The predicted octanol–water partition coefficient (Wildman–Crippen LogP) is 2.25. The average Bonchev–Trinajstić information content (AvgIpc) is 2.27. The molecule has 0 spiro atoms. The van der Waals surface area contributed by atoms with Gasteiger partial charge in [-0.3, -0.25) is 0 Å². The minimum atomic E-state index is -0.733. The Morgan fingerprint density at radius 2 is 2.43 bits per heavy atom. The van der Waals surface area contributed by atoms with Gasteiger partial charge in [-0.05, 0) is 30.5 Å². The zero-order valence-corrected chi connectivity index (χ0v) is 9.46. The quantitative estimate of drug-likeness (QED) is 0.693. The van der Waals surface area contributed by atoms with E-state index in [2.05, 4.69) is 24.4 Å². The molecule has 0 aliphatic heterocycles. The molecule has 2 N–H and O–H groups in total.